The maximum absolute atomic E-state index is 14.2. The summed E-state index contributed by atoms with van der Waals surface area (Å²) in [5.74, 6) is -2.99. The SMILES string of the molecule is CN(C(C)(C)C)S(=O)(=O)CCNC(=O)C(=O)C(CC1CCC1)NC(=O)[C@@H]1[C@@H]2[C@H](CN1C(=O)[C@@H](NC(=O)NC(C)(C)C)C(C)(C)C)C2(C)C. The zero-order valence-electron chi connectivity index (χ0n) is 31.1. The second-order valence-corrected chi connectivity index (χ2v) is 19.8. The molecule has 14 heteroatoms. The molecule has 2 saturated carbocycles. The van der Waals surface area contributed by atoms with E-state index < -0.39 is 68.3 Å². The molecular weight excluding hydrogens is 636 g/mol. The maximum Gasteiger partial charge on any atom is 0.315 e. The van der Waals surface area contributed by atoms with Crippen molar-refractivity contribution in [2.45, 2.75) is 131 Å². The number of hydrogen-bond acceptors (Lipinski definition) is 7. The Kier molecular flexibility index (Phi) is 11.5. The Morgan fingerprint density at radius 2 is 1.52 bits per heavy atom. The Morgan fingerprint density at radius 1 is 0.938 bits per heavy atom. The van der Waals surface area contributed by atoms with E-state index in [1.807, 2.05) is 41.5 Å². The number of piperidine rings is 1. The normalized spacial score (nSPS) is 23.8. The number of fused-ring (bicyclic) bond motifs is 1. The smallest absolute Gasteiger partial charge is 0.315 e. The molecule has 0 radical (unpaired) electrons. The van der Waals surface area contributed by atoms with Gasteiger partial charge in [-0.2, -0.15) is 4.31 Å². The summed E-state index contributed by atoms with van der Waals surface area (Å²) in [6, 6.07) is -3.42. The molecule has 2 aliphatic carbocycles. The van der Waals surface area contributed by atoms with E-state index in [4.69, 9.17) is 0 Å². The van der Waals surface area contributed by atoms with Crippen molar-refractivity contribution in [2.24, 2.45) is 28.6 Å². The Balaban J connectivity index is 1.79. The predicted molar refractivity (Wildman–Crippen MR) is 184 cm³/mol. The molecular formula is C34H60N6O7S. The molecule has 3 rings (SSSR count). The van der Waals surface area contributed by atoms with Gasteiger partial charge >= 0.3 is 6.03 Å². The molecule has 4 N–H and O–H groups in total. The molecule has 3 aliphatic rings. The van der Waals surface area contributed by atoms with E-state index in [2.05, 4.69) is 35.1 Å². The van der Waals surface area contributed by atoms with Crippen LogP contribution >= 0.6 is 0 Å². The van der Waals surface area contributed by atoms with E-state index in [1.165, 1.54) is 16.3 Å². The number of hydrogen-bond donors (Lipinski definition) is 4. The van der Waals surface area contributed by atoms with Crippen molar-refractivity contribution in [3.63, 3.8) is 0 Å². The minimum absolute atomic E-state index is 0.0680. The van der Waals surface area contributed by atoms with E-state index in [0.29, 0.717) is 6.54 Å². The predicted octanol–water partition coefficient (Wildman–Crippen LogP) is 2.40. The molecule has 0 aromatic heterocycles. The second-order valence-electron chi connectivity index (χ2n) is 17.7. The molecule has 0 aromatic carbocycles. The monoisotopic (exact) mass is 696 g/mol. The van der Waals surface area contributed by atoms with Crippen LogP contribution in [0.2, 0.25) is 0 Å². The third-order valence-electron chi connectivity index (χ3n) is 10.3. The van der Waals surface area contributed by atoms with Crippen molar-refractivity contribution in [3.8, 4) is 0 Å². The van der Waals surface area contributed by atoms with E-state index in [1.54, 1.807) is 20.8 Å². The number of likely N-dealkylation sites (tertiary alicyclic amines) is 1. The van der Waals surface area contributed by atoms with E-state index in [-0.39, 0.29) is 47.8 Å². The third-order valence-corrected chi connectivity index (χ3v) is 12.4. The molecule has 274 valence electrons. The van der Waals surface area contributed by atoms with Gasteiger partial charge in [0.25, 0.3) is 5.91 Å². The number of Topliss-reactive ketones (excluding diaryl/α,β-unsaturated/α-hetero) is 1. The number of nitrogens with zero attached hydrogens (tertiary/aromatic N) is 2. The first-order chi connectivity index (χ1) is 21.7. The van der Waals surface area contributed by atoms with Crippen molar-refractivity contribution in [1.82, 2.24) is 30.5 Å². The summed E-state index contributed by atoms with van der Waals surface area (Å²) in [6.45, 7) is 20.5. The topological polar surface area (TPSA) is 174 Å². The summed E-state index contributed by atoms with van der Waals surface area (Å²) in [5, 5.41) is 11.0. The summed E-state index contributed by atoms with van der Waals surface area (Å²) in [6.07, 6.45) is 3.03. The van der Waals surface area contributed by atoms with Crippen LogP contribution in [0.15, 0.2) is 0 Å². The summed E-state index contributed by atoms with van der Waals surface area (Å²) >= 11 is 0. The van der Waals surface area contributed by atoms with Gasteiger partial charge in [0.2, 0.25) is 27.6 Å². The molecule has 0 aromatic rings. The van der Waals surface area contributed by atoms with Crippen molar-refractivity contribution < 1.29 is 32.4 Å². The van der Waals surface area contributed by atoms with Gasteiger partial charge in [0.15, 0.2) is 0 Å². The number of carbonyl (C=O) groups excluding carboxylic acids is 5. The van der Waals surface area contributed by atoms with Gasteiger partial charge in [-0.25, -0.2) is 13.2 Å². The van der Waals surface area contributed by atoms with Crippen LogP contribution in [-0.2, 0) is 29.2 Å². The molecule has 0 bridgehead atoms. The van der Waals surface area contributed by atoms with E-state index >= 15 is 0 Å². The number of ketones is 1. The molecule has 1 aliphatic heterocycles. The van der Waals surface area contributed by atoms with Crippen molar-refractivity contribution in [3.05, 3.63) is 0 Å². The Hall–Kier alpha value is -2.74. The lowest BCUT2D eigenvalue weighted by molar-refractivity contribution is -0.145. The van der Waals surface area contributed by atoms with Crippen molar-refractivity contribution in [2.75, 3.05) is 25.9 Å². The molecule has 1 saturated heterocycles. The van der Waals surface area contributed by atoms with Gasteiger partial charge < -0.3 is 26.2 Å². The van der Waals surface area contributed by atoms with Crippen LogP contribution < -0.4 is 21.3 Å². The fourth-order valence-electron chi connectivity index (χ4n) is 6.78. The van der Waals surface area contributed by atoms with Gasteiger partial charge in [-0.05, 0) is 76.5 Å². The van der Waals surface area contributed by atoms with Crippen LogP contribution in [0, 0.1) is 28.6 Å². The van der Waals surface area contributed by atoms with Gasteiger partial charge in [0.05, 0.1) is 11.8 Å². The standard InChI is InChI=1S/C34H60N6O7S/c1-31(2,3)26(37-30(45)38-32(4,5)6)29(44)40-19-21-23(34(21,10)11)24(40)27(42)36-22(18-20-14-13-15-20)25(41)28(43)35-16-17-48(46,47)39(12)33(7,8)9/h20-24,26H,13-19H2,1-12H3,(H,35,43)(H,36,42)(H2,37,38,45)/t21-,22?,23-,24-,26+/m0/s1. The average Bonchev–Trinajstić information content (AvgIpc) is 3.22. The molecule has 48 heavy (non-hydrogen) atoms. The van der Waals surface area contributed by atoms with Gasteiger partial charge in [-0.3, -0.25) is 19.2 Å². The summed E-state index contributed by atoms with van der Waals surface area (Å²) in [4.78, 5) is 69.3. The van der Waals surface area contributed by atoms with Crippen LogP contribution in [0.25, 0.3) is 0 Å². The molecule has 5 atom stereocenters. The van der Waals surface area contributed by atoms with Crippen molar-refractivity contribution in [1.29, 1.82) is 0 Å². The maximum atomic E-state index is 14.2. The molecule has 0 spiro atoms. The summed E-state index contributed by atoms with van der Waals surface area (Å²) in [5.41, 5.74) is -2.05. The lowest BCUT2D eigenvalue weighted by Gasteiger charge is -2.38. The summed E-state index contributed by atoms with van der Waals surface area (Å²) in [7, 11) is -2.23. The Morgan fingerprint density at radius 3 is 2.00 bits per heavy atom. The fourth-order valence-corrected chi connectivity index (χ4v) is 8.25. The Bertz CT molecular complexity index is 1370. The summed E-state index contributed by atoms with van der Waals surface area (Å²) < 4.78 is 26.7. The van der Waals surface area contributed by atoms with Gasteiger partial charge in [-0.1, -0.05) is 53.9 Å². The highest BCUT2D eigenvalue weighted by molar-refractivity contribution is 7.89. The minimum atomic E-state index is -3.70. The molecule has 13 nitrogen and oxygen atoms in total. The zero-order chi connectivity index (χ0) is 36.8. The van der Waals surface area contributed by atoms with Crippen LogP contribution in [0.1, 0.15) is 102 Å². The number of amides is 5. The van der Waals surface area contributed by atoms with Crippen LogP contribution in [0.3, 0.4) is 0 Å². The zero-order valence-corrected chi connectivity index (χ0v) is 31.9. The fraction of sp³-hybridized carbons (Fsp3) is 0.853. The van der Waals surface area contributed by atoms with Gasteiger partial charge in [0.1, 0.15) is 12.1 Å². The minimum Gasteiger partial charge on any atom is -0.348 e. The van der Waals surface area contributed by atoms with Gasteiger partial charge in [-0.15, -0.1) is 0 Å². The highest BCUT2D eigenvalue weighted by atomic mass is 32.2. The number of urea groups is 1. The Labute approximate surface area is 287 Å². The second kappa shape index (κ2) is 13.9. The van der Waals surface area contributed by atoms with E-state index in [9.17, 15) is 32.4 Å². The van der Waals surface area contributed by atoms with Crippen LogP contribution in [0.4, 0.5) is 4.79 Å². The number of rotatable bonds is 12. The van der Waals surface area contributed by atoms with Crippen molar-refractivity contribution >= 4 is 39.6 Å². The van der Waals surface area contributed by atoms with Gasteiger partial charge in [0, 0.05) is 31.2 Å². The molecule has 5 amide bonds. The number of sulfonamides is 1. The largest absolute Gasteiger partial charge is 0.348 e. The first kappa shape index (κ1) is 39.7. The average molecular weight is 697 g/mol. The quantitative estimate of drug-likeness (QED) is 0.227. The van der Waals surface area contributed by atoms with Crippen LogP contribution in [0.5, 0.6) is 0 Å². The molecule has 1 unspecified atom stereocenters. The highest BCUT2D eigenvalue weighted by Gasteiger charge is 2.70. The molecule has 1 heterocycles. The van der Waals surface area contributed by atoms with Crippen LogP contribution in [-0.4, -0.2) is 102 Å². The number of nitrogens with one attached hydrogen (secondary N) is 4. The lowest BCUT2D eigenvalue weighted by Crippen LogP contribution is -2.62. The number of carbonyl (C=O) groups is 5. The molecule has 3 fully saturated rings. The lowest BCUT2D eigenvalue weighted by atomic mass is 9.80. The van der Waals surface area contributed by atoms with E-state index in [0.717, 1.165) is 19.3 Å². The highest BCUT2D eigenvalue weighted by Crippen LogP contribution is 2.65. The first-order valence-electron chi connectivity index (χ1n) is 17.2. The first-order valence-corrected chi connectivity index (χ1v) is 18.8. The third kappa shape index (κ3) is 9.28.